The SMILES string of the molecule is CC=CC(CC)OC(=O)c1ccccc1O. The molecule has 0 aliphatic heterocycles. The number of esters is 1. The summed E-state index contributed by atoms with van der Waals surface area (Å²) in [6, 6.07) is 6.36. The van der Waals surface area contributed by atoms with Crippen molar-refractivity contribution in [3.05, 3.63) is 42.0 Å². The van der Waals surface area contributed by atoms with Crippen molar-refractivity contribution in [2.75, 3.05) is 0 Å². The van der Waals surface area contributed by atoms with Crippen LogP contribution in [0.3, 0.4) is 0 Å². The summed E-state index contributed by atoms with van der Waals surface area (Å²) < 4.78 is 5.22. The molecule has 16 heavy (non-hydrogen) atoms. The van der Waals surface area contributed by atoms with E-state index in [1.807, 2.05) is 26.0 Å². The van der Waals surface area contributed by atoms with E-state index in [0.717, 1.165) is 0 Å². The Kier molecular flexibility index (Phi) is 4.58. The van der Waals surface area contributed by atoms with Gasteiger partial charge in [-0.1, -0.05) is 25.1 Å². The molecule has 0 amide bonds. The lowest BCUT2D eigenvalue weighted by atomic mass is 10.2. The zero-order chi connectivity index (χ0) is 12.0. The number of hydrogen-bond acceptors (Lipinski definition) is 3. The van der Waals surface area contributed by atoms with Gasteiger partial charge in [0, 0.05) is 0 Å². The Labute approximate surface area is 95.4 Å². The Balaban J connectivity index is 2.76. The molecular weight excluding hydrogens is 204 g/mol. The highest BCUT2D eigenvalue weighted by atomic mass is 16.5. The standard InChI is InChI=1S/C13H16O3/c1-3-7-10(4-2)16-13(15)11-8-5-6-9-12(11)14/h3,5-10,14H,4H2,1-2H3. The van der Waals surface area contributed by atoms with E-state index in [-0.39, 0.29) is 17.4 Å². The molecule has 1 aromatic rings. The van der Waals surface area contributed by atoms with Gasteiger partial charge in [-0.15, -0.1) is 0 Å². The number of aromatic hydroxyl groups is 1. The van der Waals surface area contributed by atoms with Crippen LogP contribution in [-0.2, 0) is 4.74 Å². The highest BCUT2D eigenvalue weighted by Crippen LogP contribution is 2.17. The highest BCUT2D eigenvalue weighted by molar-refractivity contribution is 5.92. The van der Waals surface area contributed by atoms with Gasteiger partial charge in [0.1, 0.15) is 17.4 Å². The molecule has 1 unspecified atom stereocenters. The van der Waals surface area contributed by atoms with Crippen LogP contribution < -0.4 is 0 Å². The number of hydrogen-bond donors (Lipinski definition) is 1. The molecule has 0 spiro atoms. The first-order valence-corrected chi connectivity index (χ1v) is 5.30. The molecule has 0 aliphatic carbocycles. The number of carbonyl (C=O) groups is 1. The Morgan fingerprint density at radius 2 is 2.19 bits per heavy atom. The summed E-state index contributed by atoms with van der Waals surface area (Å²) in [5.74, 6) is -0.550. The zero-order valence-corrected chi connectivity index (χ0v) is 9.51. The Morgan fingerprint density at radius 3 is 2.75 bits per heavy atom. The summed E-state index contributed by atoms with van der Waals surface area (Å²) in [5.41, 5.74) is 0.199. The summed E-state index contributed by atoms with van der Waals surface area (Å²) in [7, 11) is 0. The molecule has 86 valence electrons. The predicted octanol–water partition coefficient (Wildman–Crippen LogP) is 2.90. The van der Waals surface area contributed by atoms with E-state index in [2.05, 4.69) is 0 Å². The largest absolute Gasteiger partial charge is 0.507 e. The third-order valence-corrected chi connectivity index (χ3v) is 2.19. The van der Waals surface area contributed by atoms with Crippen molar-refractivity contribution in [3.8, 4) is 5.75 Å². The number of rotatable bonds is 4. The number of allylic oxidation sites excluding steroid dienone is 1. The number of carbonyl (C=O) groups excluding carboxylic acids is 1. The van der Waals surface area contributed by atoms with Gasteiger partial charge in [-0.25, -0.2) is 4.79 Å². The maximum absolute atomic E-state index is 11.7. The molecule has 1 N–H and O–H groups in total. The van der Waals surface area contributed by atoms with Gasteiger partial charge < -0.3 is 9.84 Å². The Bertz CT molecular complexity index is 383. The van der Waals surface area contributed by atoms with Gasteiger partial charge in [-0.3, -0.25) is 0 Å². The molecule has 0 aliphatic rings. The molecule has 1 rings (SSSR count). The minimum atomic E-state index is -0.497. The molecular formula is C13H16O3. The summed E-state index contributed by atoms with van der Waals surface area (Å²) in [4.78, 5) is 11.7. The van der Waals surface area contributed by atoms with Crippen LogP contribution in [0.4, 0.5) is 0 Å². The summed E-state index contributed by atoms with van der Waals surface area (Å²) >= 11 is 0. The minimum absolute atomic E-state index is 0.0529. The molecule has 1 atom stereocenters. The van der Waals surface area contributed by atoms with Crippen LogP contribution in [0.2, 0.25) is 0 Å². The van der Waals surface area contributed by atoms with Gasteiger partial charge in [-0.2, -0.15) is 0 Å². The van der Waals surface area contributed by atoms with Crippen molar-refractivity contribution >= 4 is 5.97 Å². The maximum Gasteiger partial charge on any atom is 0.342 e. The van der Waals surface area contributed by atoms with E-state index >= 15 is 0 Å². The fourth-order valence-electron chi connectivity index (χ4n) is 1.32. The maximum atomic E-state index is 11.7. The lowest BCUT2D eigenvalue weighted by Gasteiger charge is -2.12. The number of phenols is 1. The molecule has 0 saturated heterocycles. The number of phenolic OH excluding ortho intramolecular Hbond substituents is 1. The number of benzene rings is 1. The van der Waals surface area contributed by atoms with Crippen LogP contribution in [0.15, 0.2) is 36.4 Å². The smallest absolute Gasteiger partial charge is 0.342 e. The third kappa shape index (κ3) is 3.12. The molecule has 0 heterocycles. The number of ether oxygens (including phenoxy) is 1. The molecule has 0 aromatic heterocycles. The second kappa shape index (κ2) is 5.95. The van der Waals surface area contributed by atoms with Gasteiger partial charge in [0.05, 0.1) is 0 Å². The van der Waals surface area contributed by atoms with Gasteiger partial charge >= 0.3 is 5.97 Å². The summed E-state index contributed by atoms with van der Waals surface area (Å²) in [5, 5.41) is 9.48. The quantitative estimate of drug-likeness (QED) is 0.627. The lowest BCUT2D eigenvalue weighted by molar-refractivity contribution is 0.0385. The number of para-hydroxylation sites is 1. The Hall–Kier alpha value is -1.77. The minimum Gasteiger partial charge on any atom is -0.507 e. The van der Waals surface area contributed by atoms with Crippen molar-refractivity contribution in [1.29, 1.82) is 0 Å². The summed E-state index contributed by atoms with van der Waals surface area (Å²) in [6.07, 6.45) is 4.13. The average molecular weight is 220 g/mol. The fraction of sp³-hybridized carbons (Fsp3) is 0.308. The van der Waals surface area contributed by atoms with Crippen LogP contribution in [0.25, 0.3) is 0 Å². The second-order valence-corrected chi connectivity index (χ2v) is 3.39. The van der Waals surface area contributed by atoms with Crippen molar-refractivity contribution in [2.24, 2.45) is 0 Å². The normalized spacial score (nSPS) is 12.6. The molecule has 0 saturated carbocycles. The van der Waals surface area contributed by atoms with Crippen LogP contribution in [0.1, 0.15) is 30.6 Å². The topological polar surface area (TPSA) is 46.5 Å². The van der Waals surface area contributed by atoms with Crippen molar-refractivity contribution in [1.82, 2.24) is 0 Å². The molecule has 1 aromatic carbocycles. The van der Waals surface area contributed by atoms with E-state index in [1.165, 1.54) is 6.07 Å². The van der Waals surface area contributed by atoms with Gasteiger partial charge in [0.25, 0.3) is 0 Å². The monoisotopic (exact) mass is 220 g/mol. The molecule has 0 bridgehead atoms. The fourth-order valence-corrected chi connectivity index (χ4v) is 1.32. The average Bonchev–Trinajstić information content (AvgIpc) is 2.28. The van der Waals surface area contributed by atoms with Crippen molar-refractivity contribution < 1.29 is 14.6 Å². The second-order valence-electron chi connectivity index (χ2n) is 3.39. The van der Waals surface area contributed by atoms with Gasteiger partial charge in [0.15, 0.2) is 0 Å². The highest BCUT2D eigenvalue weighted by Gasteiger charge is 2.14. The first-order chi connectivity index (χ1) is 7.69. The zero-order valence-electron chi connectivity index (χ0n) is 9.51. The van der Waals surface area contributed by atoms with E-state index in [4.69, 9.17) is 4.74 Å². The van der Waals surface area contributed by atoms with Crippen LogP contribution >= 0.6 is 0 Å². The summed E-state index contributed by atoms with van der Waals surface area (Å²) in [6.45, 7) is 3.80. The van der Waals surface area contributed by atoms with E-state index < -0.39 is 5.97 Å². The van der Waals surface area contributed by atoms with Gasteiger partial charge in [-0.05, 0) is 31.6 Å². The predicted molar refractivity (Wildman–Crippen MR) is 62.4 cm³/mol. The van der Waals surface area contributed by atoms with E-state index in [1.54, 1.807) is 18.2 Å². The van der Waals surface area contributed by atoms with Crippen LogP contribution in [0.5, 0.6) is 5.75 Å². The molecule has 3 heteroatoms. The molecule has 0 radical (unpaired) electrons. The first kappa shape index (κ1) is 12.3. The third-order valence-electron chi connectivity index (χ3n) is 2.19. The van der Waals surface area contributed by atoms with Crippen LogP contribution in [0, 0.1) is 0 Å². The Morgan fingerprint density at radius 1 is 1.50 bits per heavy atom. The van der Waals surface area contributed by atoms with Crippen molar-refractivity contribution in [3.63, 3.8) is 0 Å². The molecule has 3 nitrogen and oxygen atoms in total. The van der Waals surface area contributed by atoms with E-state index in [9.17, 15) is 9.90 Å². The lowest BCUT2D eigenvalue weighted by Crippen LogP contribution is -2.15. The van der Waals surface area contributed by atoms with Crippen LogP contribution in [-0.4, -0.2) is 17.2 Å². The molecule has 0 fully saturated rings. The van der Waals surface area contributed by atoms with Crippen molar-refractivity contribution in [2.45, 2.75) is 26.4 Å². The first-order valence-electron chi connectivity index (χ1n) is 5.30. The van der Waals surface area contributed by atoms with E-state index in [0.29, 0.717) is 6.42 Å². The van der Waals surface area contributed by atoms with Gasteiger partial charge in [0.2, 0.25) is 0 Å².